The lowest BCUT2D eigenvalue weighted by Gasteiger charge is -2.20. The van der Waals surface area contributed by atoms with Crippen molar-refractivity contribution >= 4 is 11.6 Å². The number of anilines is 1. The molecule has 1 aromatic carbocycles. The Morgan fingerprint density at radius 3 is 2.72 bits per heavy atom. The van der Waals surface area contributed by atoms with Crippen LogP contribution in [-0.4, -0.2) is 24.8 Å². The Balaban J connectivity index is 1.89. The first kappa shape index (κ1) is 12.5. The predicted octanol–water partition coefficient (Wildman–Crippen LogP) is 1.74. The highest BCUT2D eigenvalue weighted by molar-refractivity contribution is 5.81. The second-order valence-corrected chi connectivity index (χ2v) is 5.22. The summed E-state index contributed by atoms with van der Waals surface area (Å²) >= 11 is 0. The van der Waals surface area contributed by atoms with E-state index in [1.165, 1.54) is 0 Å². The van der Waals surface area contributed by atoms with Crippen LogP contribution in [0.4, 0.5) is 5.69 Å². The highest BCUT2D eigenvalue weighted by Crippen LogP contribution is 2.34. The first-order valence-corrected chi connectivity index (χ1v) is 5.88. The SMILES string of the molecule is CC(C)(C)NC(=O)CNc1ccc2c(c1)OCO2. The number of fused-ring (bicyclic) bond motifs is 1. The molecule has 5 nitrogen and oxygen atoms in total. The maximum Gasteiger partial charge on any atom is 0.239 e. The predicted molar refractivity (Wildman–Crippen MR) is 69.0 cm³/mol. The van der Waals surface area contributed by atoms with E-state index in [2.05, 4.69) is 10.6 Å². The number of ether oxygens (including phenoxy) is 2. The zero-order valence-corrected chi connectivity index (χ0v) is 10.9. The zero-order valence-electron chi connectivity index (χ0n) is 10.9. The Morgan fingerprint density at radius 1 is 1.28 bits per heavy atom. The molecule has 2 N–H and O–H groups in total. The quantitative estimate of drug-likeness (QED) is 0.858. The maximum absolute atomic E-state index is 11.6. The van der Waals surface area contributed by atoms with Gasteiger partial charge >= 0.3 is 0 Å². The van der Waals surface area contributed by atoms with Gasteiger partial charge < -0.3 is 20.1 Å². The molecule has 0 radical (unpaired) electrons. The van der Waals surface area contributed by atoms with Gasteiger partial charge in [-0.3, -0.25) is 4.79 Å². The molecule has 0 saturated heterocycles. The molecule has 98 valence electrons. The van der Waals surface area contributed by atoms with E-state index in [4.69, 9.17) is 9.47 Å². The molecule has 0 atom stereocenters. The van der Waals surface area contributed by atoms with Crippen molar-refractivity contribution in [3.05, 3.63) is 18.2 Å². The number of rotatable bonds is 3. The molecule has 1 amide bonds. The van der Waals surface area contributed by atoms with Gasteiger partial charge in [-0.05, 0) is 32.9 Å². The van der Waals surface area contributed by atoms with Crippen molar-refractivity contribution in [2.45, 2.75) is 26.3 Å². The van der Waals surface area contributed by atoms with Crippen LogP contribution in [0, 0.1) is 0 Å². The fourth-order valence-electron chi connectivity index (χ4n) is 1.65. The number of benzene rings is 1. The molecule has 0 aliphatic carbocycles. The minimum absolute atomic E-state index is 0.0415. The van der Waals surface area contributed by atoms with Crippen LogP contribution in [0.5, 0.6) is 11.5 Å². The number of amides is 1. The van der Waals surface area contributed by atoms with Gasteiger partial charge in [-0.15, -0.1) is 0 Å². The first-order valence-electron chi connectivity index (χ1n) is 5.88. The fourth-order valence-corrected chi connectivity index (χ4v) is 1.65. The lowest BCUT2D eigenvalue weighted by atomic mass is 10.1. The zero-order chi connectivity index (χ0) is 13.2. The molecule has 0 fully saturated rings. The van der Waals surface area contributed by atoms with Crippen LogP contribution >= 0.6 is 0 Å². The molecule has 0 saturated carbocycles. The van der Waals surface area contributed by atoms with Crippen LogP contribution in [-0.2, 0) is 4.79 Å². The monoisotopic (exact) mass is 250 g/mol. The van der Waals surface area contributed by atoms with Gasteiger partial charge in [-0.2, -0.15) is 0 Å². The van der Waals surface area contributed by atoms with Crippen molar-refractivity contribution in [1.82, 2.24) is 5.32 Å². The van der Waals surface area contributed by atoms with Crippen molar-refractivity contribution in [2.75, 3.05) is 18.7 Å². The molecule has 1 aromatic rings. The van der Waals surface area contributed by atoms with E-state index in [0.29, 0.717) is 5.75 Å². The third kappa shape index (κ3) is 3.29. The standard InChI is InChI=1S/C13H18N2O3/c1-13(2,3)15-12(16)7-14-9-4-5-10-11(6-9)18-8-17-10/h4-6,14H,7-8H2,1-3H3,(H,15,16). The van der Waals surface area contributed by atoms with Gasteiger partial charge in [0.1, 0.15) is 0 Å². The van der Waals surface area contributed by atoms with Crippen molar-refractivity contribution in [3.63, 3.8) is 0 Å². The van der Waals surface area contributed by atoms with Gasteiger partial charge in [0.05, 0.1) is 6.54 Å². The summed E-state index contributed by atoms with van der Waals surface area (Å²) < 4.78 is 10.5. The summed E-state index contributed by atoms with van der Waals surface area (Å²) in [5, 5.41) is 5.93. The number of carbonyl (C=O) groups is 1. The lowest BCUT2D eigenvalue weighted by molar-refractivity contribution is -0.120. The molecule has 1 aliphatic heterocycles. The first-order chi connectivity index (χ1) is 8.44. The van der Waals surface area contributed by atoms with Crippen LogP contribution in [0.2, 0.25) is 0 Å². The largest absolute Gasteiger partial charge is 0.454 e. The number of carbonyl (C=O) groups excluding carboxylic acids is 1. The minimum Gasteiger partial charge on any atom is -0.454 e. The molecule has 0 unspecified atom stereocenters. The summed E-state index contributed by atoms with van der Waals surface area (Å²) in [5.41, 5.74) is 0.622. The van der Waals surface area contributed by atoms with Gasteiger partial charge in [0.25, 0.3) is 0 Å². The van der Waals surface area contributed by atoms with Gasteiger partial charge in [0.15, 0.2) is 11.5 Å². The Morgan fingerprint density at radius 2 is 2.00 bits per heavy atom. The van der Waals surface area contributed by atoms with Crippen LogP contribution < -0.4 is 20.1 Å². The van der Waals surface area contributed by atoms with Crippen molar-refractivity contribution in [1.29, 1.82) is 0 Å². The summed E-state index contributed by atoms with van der Waals surface area (Å²) in [6.07, 6.45) is 0. The van der Waals surface area contributed by atoms with E-state index in [9.17, 15) is 4.79 Å². The second-order valence-electron chi connectivity index (χ2n) is 5.22. The van der Waals surface area contributed by atoms with Gasteiger partial charge in [-0.25, -0.2) is 0 Å². The van der Waals surface area contributed by atoms with Gasteiger partial charge in [-0.1, -0.05) is 0 Å². The third-order valence-corrected chi connectivity index (χ3v) is 2.34. The van der Waals surface area contributed by atoms with Crippen LogP contribution in [0.3, 0.4) is 0 Å². The summed E-state index contributed by atoms with van der Waals surface area (Å²) in [6.45, 7) is 6.34. The van der Waals surface area contributed by atoms with Crippen LogP contribution in [0.25, 0.3) is 0 Å². The molecule has 1 aliphatic rings. The Hall–Kier alpha value is -1.91. The van der Waals surface area contributed by atoms with Gasteiger partial charge in [0, 0.05) is 17.3 Å². The molecular formula is C13H18N2O3. The van der Waals surface area contributed by atoms with Crippen molar-refractivity contribution in [2.24, 2.45) is 0 Å². The summed E-state index contributed by atoms with van der Waals surface area (Å²) in [7, 11) is 0. The topological polar surface area (TPSA) is 59.6 Å². The minimum atomic E-state index is -0.215. The molecule has 2 rings (SSSR count). The highest BCUT2D eigenvalue weighted by Gasteiger charge is 2.15. The number of hydrogen-bond acceptors (Lipinski definition) is 4. The Bertz CT molecular complexity index is 452. The van der Waals surface area contributed by atoms with E-state index in [0.717, 1.165) is 11.4 Å². The summed E-state index contributed by atoms with van der Waals surface area (Å²) in [6, 6.07) is 5.51. The molecular weight excluding hydrogens is 232 g/mol. The smallest absolute Gasteiger partial charge is 0.239 e. The van der Waals surface area contributed by atoms with Gasteiger partial charge in [0.2, 0.25) is 12.7 Å². The van der Waals surface area contributed by atoms with E-state index >= 15 is 0 Å². The molecule has 0 aromatic heterocycles. The van der Waals surface area contributed by atoms with E-state index in [1.807, 2.05) is 39.0 Å². The summed E-state index contributed by atoms with van der Waals surface area (Å²) in [5.74, 6) is 1.40. The number of nitrogens with one attached hydrogen (secondary N) is 2. The highest BCUT2D eigenvalue weighted by atomic mass is 16.7. The lowest BCUT2D eigenvalue weighted by Crippen LogP contribution is -2.43. The molecule has 18 heavy (non-hydrogen) atoms. The maximum atomic E-state index is 11.6. The average molecular weight is 250 g/mol. The molecule has 1 heterocycles. The van der Waals surface area contributed by atoms with Crippen LogP contribution in [0.1, 0.15) is 20.8 Å². The summed E-state index contributed by atoms with van der Waals surface area (Å²) in [4.78, 5) is 11.6. The number of hydrogen-bond donors (Lipinski definition) is 2. The van der Waals surface area contributed by atoms with Crippen molar-refractivity contribution in [3.8, 4) is 11.5 Å². The van der Waals surface area contributed by atoms with E-state index in [-0.39, 0.29) is 24.8 Å². The fraction of sp³-hybridized carbons (Fsp3) is 0.462. The van der Waals surface area contributed by atoms with E-state index in [1.54, 1.807) is 0 Å². The third-order valence-electron chi connectivity index (χ3n) is 2.34. The van der Waals surface area contributed by atoms with Crippen LogP contribution in [0.15, 0.2) is 18.2 Å². The molecule has 5 heteroatoms. The Labute approximate surface area is 106 Å². The second kappa shape index (κ2) is 4.76. The normalized spacial score (nSPS) is 13.3. The van der Waals surface area contributed by atoms with E-state index < -0.39 is 0 Å². The molecule has 0 bridgehead atoms. The Kier molecular flexibility index (Phi) is 3.32. The average Bonchev–Trinajstić information content (AvgIpc) is 2.71. The molecule has 0 spiro atoms. The van der Waals surface area contributed by atoms with Crippen molar-refractivity contribution < 1.29 is 14.3 Å².